The Hall–Kier alpha value is -1.36. The fourth-order valence-electron chi connectivity index (χ4n) is 2.71. The third kappa shape index (κ3) is 4.06. The van der Waals surface area contributed by atoms with Crippen LogP contribution in [0.15, 0.2) is 11.6 Å². The van der Waals surface area contributed by atoms with Crippen LogP contribution in [0.5, 0.6) is 0 Å². The minimum atomic E-state index is -0.884. The number of carbonyl (C=O) groups excluding carboxylic acids is 1. The Morgan fingerprint density at radius 3 is 2.95 bits per heavy atom. The van der Waals surface area contributed by atoms with Gasteiger partial charge >= 0.3 is 5.97 Å². The molecule has 5 nitrogen and oxygen atoms in total. The molecule has 0 aromatic heterocycles. The number of nitrogens with zero attached hydrogens (tertiary/aromatic N) is 1. The minimum absolute atomic E-state index is 0.0369. The molecule has 0 aromatic rings. The second kappa shape index (κ2) is 6.70. The van der Waals surface area contributed by atoms with Crippen LogP contribution in [0, 0.1) is 0 Å². The van der Waals surface area contributed by atoms with Crippen molar-refractivity contribution in [3.05, 3.63) is 11.6 Å². The number of morpholine rings is 1. The van der Waals surface area contributed by atoms with Crippen LogP contribution in [0.2, 0.25) is 0 Å². The first-order valence-corrected chi connectivity index (χ1v) is 6.93. The topological polar surface area (TPSA) is 66.8 Å². The lowest BCUT2D eigenvalue weighted by Crippen LogP contribution is -2.49. The number of hydrogen-bond donors (Lipinski definition) is 1. The predicted octanol–water partition coefficient (Wildman–Crippen LogP) is 1.58. The van der Waals surface area contributed by atoms with Gasteiger partial charge in [0.2, 0.25) is 5.91 Å². The molecule has 1 aliphatic heterocycles. The molecule has 1 fully saturated rings. The van der Waals surface area contributed by atoms with Gasteiger partial charge < -0.3 is 14.7 Å². The normalized spacial score (nSPS) is 23.9. The molecule has 0 spiro atoms. The van der Waals surface area contributed by atoms with Crippen molar-refractivity contribution in [2.75, 3.05) is 19.8 Å². The van der Waals surface area contributed by atoms with E-state index in [-0.39, 0.29) is 18.4 Å². The first-order chi connectivity index (χ1) is 9.16. The van der Waals surface area contributed by atoms with Gasteiger partial charge in [0.25, 0.3) is 0 Å². The second-order valence-corrected chi connectivity index (χ2v) is 5.20. The molecule has 0 bridgehead atoms. The molecule has 19 heavy (non-hydrogen) atoms. The molecular formula is C14H21NO4. The Bertz CT molecular complexity index is 378. The van der Waals surface area contributed by atoms with E-state index in [1.165, 1.54) is 12.0 Å². The second-order valence-electron chi connectivity index (χ2n) is 5.20. The van der Waals surface area contributed by atoms with Crippen molar-refractivity contribution in [3.8, 4) is 0 Å². The number of ether oxygens (including phenoxy) is 1. The van der Waals surface area contributed by atoms with Gasteiger partial charge in [-0.2, -0.15) is 0 Å². The molecule has 1 amide bonds. The van der Waals surface area contributed by atoms with Crippen molar-refractivity contribution in [3.63, 3.8) is 0 Å². The lowest BCUT2D eigenvalue weighted by atomic mass is 9.96. The van der Waals surface area contributed by atoms with Crippen LogP contribution in [0.25, 0.3) is 0 Å². The number of carbonyl (C=O) groups is 2. The number of carboxylic acid groups (broad SMARTS) is 1. The summed E-state index contributed by atoms with van der Waals surface area (Å²) in [4.78, 5) is 24.8. The first-order valence-electron chi connectivity index (χ1n) is 6.93. The Balaban J connectivity index is 1.94. The van der Waals surface area contributed by atoms with Crippen LogP contribution < -0.4 is 0 Å². The van der Waals surface area contributed by atoms with Crippen molar-refractivity contribution in [1.29, 1.82) is 0 Å². The molecule has 0 aromatic carbocycles. The minimum Gasteiger partial charge on any atom is -0.481 e. The molecule has 0 unspecified atom stereocenters. The fourth-order valence-corrected chi connectivity index (χ4v) is 2.71. The van der Waals surface area contributed by atoms with Gasteiger partial charge in [0.05, 0.1) is 25.7 Å². The average Bonchev–Trinajstić information content (AvgIpc) is 2.39. The van der Waals surface area contributed by atoms with E-state index >= 15 is 0 Å². The summed E-state index contributed by atoms with van der Waals surface area (Å²) in [6, 6.07) is -0.317. The molecule has 0 radical (unpaired) electrons. The molecule has 106 valence electrons. The maximum absolute atomic E-state index is 12.3. The SMILES string of the molecule is O=C(O)C[C@H]1COCCN1C(=O)CC1=CCCCC1. The number of rotatable bonds is 4. The average molecular weight is 267 g/mol. The summed E-state index contributed by atoms with van der Waals surface area (Å²) in [5.74, 6) is -0.840. The molecule has 5 heteroatoms. The van der Waals surface area contributed by atoms with Gasteiger partial charge in [-0.15, -0.1) is 0 Å². The molecule has 2 aliphatic rings. The molecule has 2 rings (SSSR count). The third-order valence-electron chi connectivity index (χ3n) is 3.72. The van der Waals surface area contributed by atoms with Crippen LogP contribution in [0.4, 0.5) is 0 Å². The maximum atomic E-state index is 12.3. The van der Waals surface area contributed by atoms with E-state index < -0.39 is 5.97 Å². The molecule has 1 aliphatic carbocycles. The Morgan fingerprint density at radius 2 is 2.26 bits per heavy atom. The van der Waals surface area contributed by atoms with Gasteiger partial charge in [0, 0.05) is 13.0 Å². The Kier molecular flexibility index (Phi) is 4.96. The van der Waals surface area contributed by atoms with E-state index in [0.717, 1.165) is 19.3 Å². The lowest BCUT2D eigenvalue weighted by molar-refractivity contribution is -0.145. The Morgan fingerprint density at radius 1 is 1.42 bits per heavy atom. The molecule has 1 saturated heterocycles. The molecule has 1 N–H and O–H groups in total. The van der Waals surface area contributed by atoms with Gasteiger partial charge in [-0.3, -0.25) is 9.59 Å². The smallest absolute Gasteiger partial charge is 0.305 e. The summed E-state index contributed by atoms with van der Waals surface area (Å²) in [7, 11) is 0. The number of allylic oxidation sites excluding steroid dienone is 1. The van der Waals surface area contributed by atoms with Crippen molar-refractivity contribution in [1.82, 2.24) is 4.90 Å². The molecule has 1 atom stereocenters. The number of hydrogen-bond acceptors (Lipinski definition) is 3. The largest absolute Gasteiger partial charge is 0.481 e. The summed E-state index contributed by atoms with van der Waals surface area (Å²) >= 11 is 0. The molecular weight excluding hydrogens is 246 g/mol. The van der Waals surface area contributed by atoms with Gasteiger partial charge in [0.15, 0.2) is 0 Å². The highest BCUT2D eigenvalue weighted by molar-refractivity contribution is 5.80. The van der Waals surface area contributed by atoms with Crippen LogP contribution in [0.1, 0.15) is 38.5 Å². The lowest BCUT2D eigenvalue weighted by Gasteiger charge is -2.35. The van der Waals surface area contributed by atoms with E-state index in [0.29, 0.717) is 26.2 Å². The van der Waals surface area contributed by atoms with Gasteiger partial charge in [-0.1, -0.05) is 11.6 Å². The predicted molar refractivity (Wildman–Crippen MR) is 69.7 cm³/mol. The number of aliphatic carboxylic acids is 1. The maximum Gasteiger partial charge on any atom is 0.305 e. The zero-order valence-electron chi connectivity index (χ0n) is 11.1. The van der Waals surface area contributed by atoms with Crippen LogP contribution in [-0.2, 0) is 14.3 Å². The van der Waals surface area contributed by atoms with E-state index in [2.05, 4.69) is 6.08 Å². The van der Waals surface area contributed by atoms with Crippen molar-refractivity contribution < 1.29 is 19.4 Å². The van der Waals surface area contributed by atoms with Gasteiger partial charge in [0.1, 0.15) is 0 Å². The summed E-state index contributed by atoms with van der Waals surface area (Å²) in [6.45, 7) is 1.34. The van der Waals surface area contributed by atoms with Crippen molar-refractivity contribution >= 4 is 11.9 Å². The summed E-state index contributed by atoms with van der Waals surface area (Å²) < 4.78 is 5.28. The third-order valence-corrected chi connectivity index (χ3v) is 3.72. The van der Waals surface area contributed by atoms with E-state index in [1.54, 1.807) is 4.90 Å². The number of amides is 1. The highest BCUT2D eigenvalue weighted by Crippen LogP contribution is 2.22. The van der Waals surface area contributed by atoms with E-state index in [4.69, 9.17) is 9.84 Å². The monoisotopic (exact) mass is 267 g/mol. The Labute approximate surface area is 113 Å². The first kappa shape index (κ1) is 14.1. The zero-order valence-corrected chi connectivity index (χ0v) is 11.1. The fraction of sp³-hybridized carbons (Fsp3) is 0.714. The summed E-state index contributed by atoms with van der Waals surface area (Å²) in [5.41, 5.74) is 1.21. The van der Waals surface area contributed by atoms with Crippen LogP contribution >= 0.6 is 0 Å². The number of carboxylic acids is 1. The zero-order chi connectivity index (χ0) is 13.7. The molecule has 0 saturated carbocycles. The van der Waals surface area contributed by atoms with E-state index in [1.807, 2.05) is 0 Å². The molecule has 1 heterocycles. The van der Waals surface area contributed by atoms with Gasteiger partial charge in [-0.05, 0) is 25.7 Å². The standard InChI is InChI=1S/C14H21NO4/c16-13(8-11-4-2-1-3-5-11)15-6-7-19-10-12(15)9-14(17)18/h4,12H,1-3,5-10H2,(H,17,18)/t12-/m0/s1. The quantitative estimate of drug-likeness (QED) is 0.785. The van der Waals surface area contributed by atoms with Crippen molar-refractivity contribution in [2.45, 2.75) is 44.6 Å². The highest BCUT2D eigenvalue weighted by atomic mass is 16.5. The van der Waals surface area contributed by atoms with E-state index in [9.17, 15) is 9.59 Å². The summed E-state index contributed by atoms with van der Waals surface area (Å²) in [6.07, 6.45) is 6.98. The summed E-state index contributed by atoms with van der Waals surface area (Å²) in [5, 5.41) is 8.88. The van der Waals surface area contributed by atoms with Crippen LogP contribution in [0.3, 0.4) is 0 Å². The van der Waals surface area contributed by atoms with Gasteiger partial charge in [-0.25, -0.2) is 0 Å². The van der Waals surface area contributed by atoms with Crippen LogP contribution in [-0.4, -0.2) is 47.7 Å². The highest BCUT2D eigenvalue weighted by Gasteiger charge is 2.29. The van der Waals surface area contributed by atoms with Crippen molar-refractivity contribution in [2.24, 2.45) is 0 Å².